The lowest BCUT2D eigenvalue weighted by atomic mass is 10.0. The summed E-state index contributed by atoms with van der Waals surface area (Å²) in [6.45, 7) is -1.29. The van der Waals surface area contributed by atoms with E-state index in [-0.39, 0.29) is 33.4 Å². The van der Waals surface area contributed by atoms with Crippen molar-refractivity contribution < 1.29 is 33.5 Å². The van der Waals surface area contributed by atoms with E-state index in [9.17, 15) is 28.7 Å². The second-order valence-corrected chi connectivity index (χ2v) is 12.8. The van der Waals surface area contributed by atoms with Gasteiger partial charge in [0.05, 0.1) is 11.3 Å². The first-order chi connectivity index (χ1) is 20.2. The molecule has 0 aliphatic carbocycles. The number of halogens is 1. The fourth-order valence-corrected chi connectivity index (χ4v) is 8.02. The Kier molecular flexibility index (Phi) is 8.81. The number of hydrogen-bond donors (Lipinski definition) is 3. The van der Waals surface area contributed by atoms with Crippen LogP contribution >= 0.6 is 46.2 Å². The van der Waals surface area contributed by atoms with Crippen LogP contribution in [0.1, 0.15) is 5.69 Å². The Morgan fingerprint density at radius 2 is 2.17 bits per heavy atom. The standard InChI is InChI=1S/C25H20FN5O7S4/c1-37-12-2-3-13-15(32)7-17(42-16(13)6-12)39-5-4-11-8-40-23-19(22(34)31(23)20(11)24(35)36)29-21(33)18(30-38-10-26)14-9-41-25(27)28-14/h2-7,9,19,23H,8,10H2,1H3,(H2,27,28)(H,29,33)(H,35,36)/t19?,23-/m1/s1. The monoisotopic (exact) mass is 649 g/mol. The Hall–Kier alpha value is -3.93. The molecule has 1 saturated heterocycles. The van der Waals surface area contributed by atoms with Crippen molar-refractivity contribution in [2.24, 2.45) is 5.16 Å². The Morgan fingerprint density at radius 1 is 1.36 bits per heavy atom. The van der Waals surface area contributed by atoms with Crippen molar-refractivity contribution in [1.29, 1.82) is 0 Å². The first-order valence-corrected chi connectivity index (χ1v) is 15.5. The van der Waals surface area contributed by atoms with Gasteiger partial charge in [0.1, 0.15) is 28.6 Å². The number of allylic oxidation sites excluding steroid dienone is 1. The molecule has 3 aromatic rings. The average molecular weight is 650 g/mol. The smallest absolute Gasteiger partial charge is 0.352 e. The SMILES string of the molecule is COc1ccc2c(=O)cc(SC=CC3=C(C(=O)O)N4C(=O)C(NC(=O)C(=NOCF)c5csc(N)n5)[C@H]4SC3)sc2c1. The quantitative estimate of drug-likeness (QED) is 0.128. The zero-order valence-corrected chi connectivity index (χ0v) is 24.7. The molecule has 17 heteroatoms. The number of rotatable bonds is 10. The number of carboxylic acids is 1. The molecule has 5 rings (SSSR count). The average Bonchev–Trinajstić information content (AvgIpc) is 3.40. The zero-order chi connectivity index (χ0) is 30.0. The molecule has 1 aromatic carbocycles. The third-order valence-corrected chi connectivity index (χ3v) is 10.1. The maximum atomic E-state index is 13.0. The second-order valence-electron chi connectivity index (χ2n) is 8.50. The number of β-lactam (4-membered cyclic amide) rings is 1. The summed E-state index contributed by atoms with van der Waals surface area (Å²) >= 11 is 4.93. The maximum absolute atomic E-state index is 13.0. The number of alkyl halides is 1. The molecule has 0 bridgehead atoms. The van der Waals surface area contributed by atoms with Crippen molar-refractivity contribution in [3.63, 3.8) is 0 Å². The Labute approximate surface area is 253 Å². The van der Waals surface area contributed by atoms with Crippen LogP contribution in [0.3, 0.4) is 0 Å². The number of anilines is 1. The van der Waals surface area contributed by atoms with Gasteiger partial charge in [-0.15, -0.1) is 34.4 Å². The van der Waals surface area contributed by atoms with E-state index in [0.717, 1.165) is 20.9 Å². The van der Waals surface area contributed by atoms with Crippen molar-refractivity contribution in [3.05, 3.63) is 68.3 Å². The normalized spacial score (nSPS) is 18.7. The lowest BCUT2D eigenvalue weighted by molar-refractivity contribution is -0.150. The lowest BCUT2D eigenvalue weighted by Gasteiger charge is -2.49. The number of thiazole rings is 1. The topological polar surface area (TPSA) is 174 Å². The predicted octanol–water partition coefficient (Wildman–Crippen LogP) is 3.00. The summed E-state index contributed by atoms with van der Waals surface area (Å²) < 4.78 is 19.2. The molecular formula is C25H20FN5O7S4. The number of nitrogens with one attached hydrogen (secondary N) is 1. The summed E-state index contributed by atoms with van der Waals surface area (Å²) in [5.74, 6) is -1.94. The number of fused-ring (bicyclic) bond motifs is 2. The number of nitrogens with zero attached hydrogens (tertiary/aromatic N) is 3. The van der Waals surface area contributed by atoms with E-state index in [4.69, 9.17) is 10.5 Å². The van der Waals surface area contributed by atoms with Gasteiger partial charge in [-0.25, -0.2) is 14.2 Å². The van der Waals surface area contributed by atoms with Crippen LogP contribution in [0, 0.1) is 0 Å². The van der Waals surface area contributed by atoms with Crippen LogP contribution < -0.4 is 21.2 Å². The highest BCUT2D eigenvalue weighted by atomic mass is 32.2. The molecule has 2 atom stereocenters. The number of aliphatic carboxylic acids is 1. The number of carbonyl (C=O) groups excluding carboxylic acids is 2. The highest BCUT2D eigenvalue weighted by Gasteiger charge is 2.54. The van der Waals surface area contributed by atoms with E-state index in [0.29, 0.717) is 20.9 Å². The van der Waals surface area contributed by atoms with Crippen LogP contribution in [-0.2, 0) is 19.2 Å². The van der Waals surface area contributed by atoms with E-state index in [1.165, 1.54) is 46.3 Å². The second kappa shape index (κ2) is 12.5. The number of oxime groups is 1. The fraction of sp³-hybridized carbons (Fsp3) is 0.200. The number of benzene rings is 1. The van der Waals surface area contributed by atoms with Crippen molar-refractivity contribution in [2.45, 2.75) is 15.6 Å². The van der Waals surface area contributed by atoms with Crippen LogP contribution in [0.4, 0.5) is 9.52 Å². The third kappa shape index (κ3) is 5.85. The number of nitrogen functional groups attached to an aromatic ring is 1. The van der Waals surface area contributed by atoms with Gasteiger partial charge in [0.2, 0.25) is 0 Å². The van der Waals surface area contributed by atoms with E-state index in [1.54, 1.807) is 36.8 Å². The van der Waals surface area contributed by atoms with Crippen LogP contribution in [0.15, 0.2) is 66.6 Å². The number of carbonyl (C=O) groups is 3. The molecule has 2 aromatic heterocycles. The first kappa shape index (κ1) is 29.6. The van der Waals surface area contributed by atoms with E-state index < -0.39 is 36.1 Å². The summed E-state index contributed by atoms with van der Waals surface area (Å²) in [4.78, 5) is 60.1. The fourth-order valence-electron chi connectivity index (χ4n) is 4.15. The number of thioether (sulfide) groups is 2. The molecule has 4 N–H and O–H groups in total. The summed E-state index contributed by atoms with van der Waals surface area (Å²) in [5, 5.41) is 19.0. The maximum Gasteiger partial charge on any atom is 0.352 e. The molecular weight excluding hydrogens is 630 g/mol. The molecule has 0 radical (unpaired) electrons. The molecule has 42 heavy (non-hydrogen) atoms. The Morgan fingerprint density at radius 3 is 2.86 bits per heavy atom. The number of methoxy groups -OCH3 is 1. The molecule has 2 aliphatic rings. The van der Waals surface area contributed by atoms with Crippen molar-refractivity contribution >= 4 is 84.9 Å². The summed E-state index contributed by atoms with van der Waals surface area (Å²) in [6, 6.07) is 5.65. The molecule has 1 unspecified atom stereocenters. The van der Waals surface area contributed by atoms with Gasteiger partial charge in [0, 0.05) is 27.3 Å². The van der Waals surface area contributed by atoms with Crippen molar-refractivity contribution in [1.82, 2.24) is 15.2 Å². The first-order valence-electron chi connectivity index (χ1n) is 11.9. The number of aromatic nitrogens is 1. The van der Waals surface area contributed by atoms with E-state index in [2.05, 4.69) is 20.3 Å². The van der Waals surface area contributed by atoms with Crippen LogP contribution in [0.25, 0.3) is 10.1 Å². The predicted molar refractivity (Wildman–Crippen MR) is 159 cm³/mol. The molecule has 218 valence electrons. The van der Waals surface area contributed by atoms with Gasteiger partial charge in [-0.2, -0.15) is 0 Å². The molecule has 0 spiro atoms. The minimum atomic E-state index is -1.30. The van der Waals surface area contributed by atoms with Gasteiger partial charge < -0.3 is 25.7 Å². The third-order valence-electron chi connectivity index (χ3n) is 6.04. The lowest BCUT2D eigenvalue weighted by Crippen LogP contribution is -2.71. The summed E-state index contributed by atoms with van der Waals surface area (Å²) in [7, 11) is 1.54. The minimum Gasteiger partial charge on any atom is -0.497 e. The van der Waals surface area contributed by atoms with Crippen molar-refractivity contribution in [2.75, 3.05) is 25.5 Å². The number of nitrogens with two attached hydrogens (primary N) is 1. The Bertz CT molecular complexity index is 1740. The zero-order valence-electron chi connectivity index (χ0n) is 21.4. The van der Waals surface area contributed by atoms with Crippen LogP contribution in [0.2, 0.25) is 0 Å². The van der Waals surface area contributed by atoms with Crippen LogP contribution in [0.5, 0.6) is 5.75 Å². The van der Waals surface area contributed by atoms with Crippen molar-refractivity contribution in [3.8, 4) is 5.75 Å². The largest absolute Gasteiger partial charge is 0.497 e. The summed E-state index contributed by atoms with van der Waals surface area (Å²) in [6.07, 6.45) is 1.59. The number of hydrogen-bond acceptors (Lipinski definition) is 13. The van der Waals surface area contributed by atoms with E-state index in [1.807, 2.05) is 0 Å². The molecule has 2 amide bonds. The highest BCUT2D eigenvalue weighted by Crippen LogP contribution is 2.41. The molecule has 0 saturated carbocycles. The molecule has 1 fully saturated rings. The number of amides is 2. The Balaban J connectivity index is 1.32. The molecule has 4 heterocycles. The van der Waals surface area contributed by atoms with Gasteiger partial charge >= 0.3 is 5.97 Å². The number of carboxylic acid groups (broad SMARTS) is 1. The van der Waals surface area contributed by atoms with Gasteiger partial charge in [0.15, 0.2) is 16.3 Å². The van der Waals surface area contributed by atoms with Gasteiger partial charge in [-0.1, -0.05) is 16.9 Å². The molecule has 12 nitrogen and oxygen atoms in total. The van der Waals surface area contributed by atoms with E-state index >= 15 is 0 Å². The highest BCUT2D eigenvalue weighted by molar-refractivity contribution is 8.04. The van der Waals surface area contributed by atoms with Gasteiger partial charge in [-0.05, 0) is 35.3 Å². The minimum absolute atomic E-state index is 0.0370. The number of ether oxygens (including phenoxy) is 1. The molecule has 2 aliphatic heterocycles. The summed E-state index contributed by atoms with van der Waals surface area (Å²) in [5.41, 5.74) is 5.31. The van der Waals surface area contributed by atoms with Crippen LogP contribution in [-0.4, -0.2) is 69.6 Å². The van der Waals surface area contributed by atoms with Gasteiger partial charge in [-0.3, -0.25) is 19.3 Å². The van der Waals surface area contributed by atoms with Gasteiger partial charge in [0.25, 0.3) is 18.7 Å².